The van der Waals surface area contributed by atoms with E-state index in [0.717, 1.165) is 15.9 Å². The molecule has 1 amide bonds. The van der Waals surface area contributed by atoms with Gasteiger partial charge in [-0.3, -0.25) is 4.79 Å². The standard InChI is InChI=1S/C21H21BrFN3O2/c1-14-20(15(2)26(24-14)17-10-8-16(22)9-11-17)21(27)25(3)12-13-28-19-7-5-4-6-18(19)23/h4-11H,12-13H2,1-3H3. The number of halogens is 2. The Morgan fingerprint density at radius 1 is 1.18 bits per heavy atom. The van der Waals surface area contributed by atoms with E-state index >= 15 is 0 Å². The number of aryl methyl sites for hydroxylation is 1. The first-order valence-corrected chi connectivity index (χ1v) is 9.62. The summed E-state index contributed by atoms with van der Waals surface area (Å²) in [5.74, 6) is -0.381. The smallest absolute Gasteiger partial charge is 0.257 e. The van der Waals surface area contributed by atoms with Gasteiger partial charge in [0.25, 0.3) is 5.91 Å². The van der Waals surface area contributed by atoms with E-state index in [0.29, 0.717) is 17.8 Å². The first-order chi connectivity index (χ1) is 13.4. The van der Waals surface area contributed by atoms with Crippen LogP contribution in [0.2, 0.25) is 0 Å². The Bertz CT molecular complexity index is 986. The number of likely N-dealkylation sites (N-methyl/N-ethyl adjacent to an activating group) is 1. The van der Waals surface area contributed by atoms with Crippen LogP contribution < -0.4 is 4.74 Å². The summed E-state index contributed by atoms with van der Waals surface area (Å²) in [6.45, 7) is 4.22. The van der Waals surface area contributed by atoms with Crippen molar-refractivity contribution in [2.24, 2.45) is 0 Å². The molecule has 0 N–H and O–H groups in total. The average molecular weight is 446 g/mol. The van der Waals surface area contributed by atoms with E-state index in [1.807, 2.05) is 38.1 Å². The summed E-state index contributed by atoms with van der Waals surface area (Å²) in [6, 6.07) is 13.9. The van der Waals surface area contributed by atoms with Gasteiger partial charge in [-0.15, -0.1) is 0 Å². The molecular weight excluding hydrogens is 425 g/mol. The Labute approximate surface area is 171 Å². The van der Waals surface area contributed by atoms with Crippen LogP contribution in [-0.2, 0) is 0 Å². The summed E-state index contributed by atoms with van der Waals surface area (Å²) in [5, 5.41) is 4.53. The molecule has 0 unspecified atom stereocenters. The fourth-order valence-electron chi connectivity index (χ4n) is 2.93. The number of nitrogens with zero attached hydrogens (tertiary/aromatic N) is 3. The van der Waals surface area contributed by atoms with Crippen LogP contribution in [0, 0.1) is 19.7 Å². The molecule has 2 aromatic carbocycles. The zero-order valence-electron chi connectivity index (χ0n) is 15.9. The SMILES string of the molecule is Cc1nn(-c2ccc(Br)cc2)c(C)c1C(=O)N(C)CCOc1ccccc1F. The molecule has 0 fully saturated rings. The maximum Gasteiger partial charge on any atom is 0.257 e. The minimum atomic E-state index is -0.418. The molecule has 5 nitrogen and oxygen atoms in total. The normalized spacial score (nSPS) is 10.8. The molecule has 28 heavy (non-hydrogen) atoms. The second-order valence-electron chi connectivity index (χ2n) is 6.44. The quantitative estimate of drug-likeness (QED) is 0.559. The first-order valence-electron chi connectivity index (χ1n) is 8.83. The van der Waals surface area contributed by atoms with E-state index in [-0.39, 0.29) is 18.3 Å². The lowest BCUT2D eigenvalue weighted by Crippen LogP contribution is -2.31. The van der Waals surface area contributed by atoms with Crippen molar-refractivity contribution in [1.29, 1.82) is 0 Å². The van der Waals surface area contributed by atoms with Gasteiger partial charge >= 0.3 is 0 Å². The number of para-hydroxylation sites is 1. The van der Waals surface area contributed by atoms with Crippen LogP contribution in [0.4, 0.5) is 4.39 Å². The molecular formula is C21H21BrFN3O2. The Hall–Kier alpha value is -2.67. The Kier molecular flexibility index (Phi) is 6.14. The van der Waals surface area contributed by atoms with Crippen LogP contribution in [0.1, 0.15) is 21.7 Å². The average Bonchev–Trinajstić information content (AvgIpc) is 2.97. The zero-order chi connectivity index (χ0) is 20.3. The van der Waals surface area contributed by atoms with E-state index in [1.54, 1.807) is 34.8 Å². The number of rotatable bonds is 6. The van der Waals surface area contributed by atoms with Crippen LogP contribution >= 0.6 is 15.9 Å². The van der Waals surface area contributed by atoms with Gasteiger partial charge in [-0.2, -0.15) is 5.10 Å². The lowest BCUT2D eigenvalue weighted by molar-refractivity contribution is 0.0771. The van der Waals surface area contributed by atoms with Crippen LogP contribution in [0.25, 0.3) is 5.69 Å². The third-order valence-electron chi connectivity index (χ3n) is 4.44. The molecule has 0 aliphatic rings. The number of benzene rings is 2. The van der Waals surface area contributed by atoms with E-state index in [4.69, 9.17) is 4.74 Å². The molecule has 0 spiro atoms. The van der Waals surface area contributed by atoms with Crippen molar-refractivity contribution in [3.05, 3.63) is 75.8 Å². The first kappa shape index (κ1) is 20.1. The summed E-state index contributed by atoms with van der Waals surface area (Å²) in [6.07, 6.45) is 0. The molecule has 3 aromatic rings. The molecule has 3 rings (SSSR count). The predicted octanol–water partition coefficient (Wildman–Crippen LogP) is 4.54. The van der Waals surface area contributed by atoms with Gasteiger partial charge in [-0.1, -0.05) is 28.1 Å². The summed E-state index contributed by atoms with van der Waals surface area (Å²) >= 11 is 3.42. The van der Waals surface area contributed by atoms with Crippen LogP contribution in [0.15, 0.2) is 53.0 Å². The number of hydrogen-bond donors (Lipinski definition) is 0. The Balaban J connectivity index is 1.71. The lowest BCUT2D eigenvalue weighted by Gasteiger charge is -2.18. The van der Waals surface area contributed by atoms with Crippen LogP contribution in [-0.4, -0.2) is 40.8 Å². The van der Waals surface area contributed by atoms with Gasteiger partial charge in [0, 0.05) is 11.5 Å². The summed E-state index contributed by atoms with van der Waals surface area (Å²) in [5.41, 5.74) is 2.88. The molecule has 0 radical (unpaired) electrons. The minimum absolute atomic E-state index is 0.143. The van der Waals surface area contributed by atoms with Gasteiger partial charge in [0.2, 0.25) is 0 Å². The molecule has 1 aromatic heterocycles. The highest BCUT2D eigenvalue weighted by atomic mass is 79.9. The number of ether oxygens (including phenoxy) is 1. The second kappa shape index (κ2) is 8.56. The Morgan fingerprint density at radius 3 is 2.54 bits per heavy atom. The maximum atomic E-state index is 13.6. The minimum Gasteiger partial charge on any atom is -0.489 e. The zero-order valence-corrected chi connectivity index (χ0v) is 17.5. The number of carbonyl (C=O) groups is 1. The van der Waals surface area contributed by atoms with Crippen molar-refractivity contribution < 1.29 is 13.9 Å². The van der Waals surface area contributed by atoms with Crippen molar-refractivity contribution in [3.63, 3.8) is 0 Å². The monoisotopic (exact) mass is 445 g/mol. The molecule has 146 valence electrons. The van der Waals surface area contributed by atoms with Crippen LogP contribution in [0.5, 0.6) is 5.75 Å². The van der Waals surface area contributed by atoms with Crippen molar-refractivity contribution in [3.8, 4) is 11.4 Å². The van der Waals surface area contributed by atoms with Crippen LogP contribution in [0.3, 0.4) is 0 Å². The van der Waals surface area contributed by atoms with Crippen molar-refractivity contribution in [2.45, 2.75) is 13.8 Å². The molecule has 0 aliphatic heterocycles. The van der Waals surface area contributed by atoms with Gasteiger partial charge in [-0.05, 0) is 50.2 Å². The van der Waals surface area contributed by atoms with Gasteiger partial charge in [0.15, 0.2) is 11.6 Å². The fraction of sp³-hybridized carbons (Fsp3) is 0.238. The molecule has 1 heterocycles. The lowest BCUT2D eigenvalue weighted by atomic mass is 10.1. The van der Waals surface area contributed by atoms with Gasteiger partial charge in [-0.25, -0.2) is 9.07 Å². The maximum absolute atomic E-state index is 13.6. The van der Waals surface area contributed by atoms with Gasteiger partial charge in [0.05, 0.1) is 29.2 Å². The number of hydrogen-bond acceptors (Lipinski definition) is 3. The summed E-state index contributed by atoms with van der Waals surface area (Å²) in [7, 11) is 1.70. The topological polar surface area (TPSA) is 47.4 Å². The number of amides is 1. The highest BCUT2D eigenvalue weighted by Gasteiger charge is 2.22. The largest absolute Gasteiger partial charge is 0.489 e. The summed E-state index contributed by atoms with van der Waals surface area (Å²) < 4.78 is 21.8. The molecule has 0 aliphatic carbocycles. The second-order valence-corrected chi connectivity index (χ2v) is 7.36. The van der Waals surface area contributed by atoms with E-state index in [9.17, 15) is 9.18 Å². The van der Waals surface area contributed by atoms with E-state index < -0.39 is 5.82 Å². The Morgan fingerprint density at radius 2 is 1.86 bits per heavy atom. The van der Waals surface area contributed by atoms with Crippen molar-refractivity contribution >= 4 is 21.8 Å². The third-order valence-corrected chi connectivity index (χ3v) is 4.97. The molecule has 0 saturated heterocycles. The highest BCUT2D eigenvalue weighted by Crippen LogP contribution is 2.21. The van der Waals surface area contributed by atoms with E-state index in [2.05, 4.69) is 21.0 Å². The predicted molar refractivity (Wildman–Crippen MR) is 110 cm³/mol. The molecule has 0 saturated carbocycles. The number of carbonyl (C=O) groups excluding carboxylic acids is 1. The third kappa shape index (κ3) is 4.25. The van der Waals surface area contributed by atoms with Crippen molar-refractivity contribution in [1.82, 2.24) is 14.7 Å². The number of aromatic nitrogens is 2. The molecule has 0 bridgehead atoms. The van der Waals surface area contributed by atoms with Gasteiger partial charge < -0.3 is 9.64 Å². The molecule has 7 heteroatoms. The molecule has 0 atom stereocenters. The van der Waals surface area contributed by atoms with Crippen molar-refractivity contribution in [2.75, 3.05) is 20.2 Å². The van der Waals surface area contributed by atoms with Gasteiger partial charge in [0.1, 0.15) is 6.61 Å². The van der Waals surface area contributed by atoms with E-state index in [1.165, 1.54) is 6.07 Å². The fourth-order valence-corrected chi connectivity index (χ4v) is 3.20. The summed E-state index contributed by atoms with van der Waals surface area (Å²) in [4.78, 5) is 14.5. The highest BCUT2D eigenvalue weighted by molar-refractivity contribution is 9.10.